The van der Waals surface area contributed by atoms with E-state index in [1.54, 1.807) is 6.92 Å². The van der Waals surface area contributed by atoms with Gasteiger partial charge in [-0.15, -0.1) is 11.8 Å². The van der Waals surface area contributed by atoms with Crippen LogP contribution in [-0.4, -0.2) is 86.9 Å². The molecule has 1 aromatic carbocycles. The molecule has 0 saturated heterocycles. The van der Waals surface area contributed by atoms with Crippen LogP contribution in [0.3, 0.4) is 0 Å². The first-order valence-electron chi connectivity index (χ1n) is 11.3. The summed E-state index contributed by atoms with van der Waals surface area (Å²) >= 11 is 0.968. The molecule has 0 aliphatic heterocycles. The predicted molar refractivity (Wildman–Crippen MR) is 136 cm³/mol. The van der Waals surface area contributed by atoms with Crippen molar-refractivity contribution in [1.29, 1.82) is 0 Å². The Hall–Kier alpha value is -4.22. The molecule has 0 aliphatic rings. The lowest BCUT2D eigenvalue weighted by Gasteiger charge is -2.24. The molecule has 1 atom stereocenters. The fraction of sp³-hybridized carbons (Fsp3) is 0.409. The second kappa shape index (κ2) is 16.6. The molecule has 0 bridgehead atoms. The molecule has 0 spiro atoms. The highest BCUT2D eigenvalue weighted by atomic mass is 32.2. The lowest BCUT2D eigenvalue weighted by molar-refractivity contribution is -0.384. The third kappa shape index (κ3) is 11.4. The number of nitrogens with one attached hydrogen (secondary N) is 1. The molecule has 0 saturated carbocycles. The molecule has 39 heavy (non-hydrogen) atoms. The summed E-state index contributed by atoms with van der Waals surface area (Å²) in [6, 6.07) is 3.05. The van der Waals surface area contributed by atoms with E-state index >= 15 is 0 Å². The molecule has 0 aliphatic carbocycles. The van der Waals surface area contributed by atoms with Gasteiger partial charge >= 0.3 is 24.1 Å². The number of carboxylic acids is 1. The van der Waals surface area contributed by atoms with E-state index in [4.69, 9.17) is 25.5 Å². The molecule has 1 aromatic rings. The minimum Gasteiger partial charge on any atom is -0.480 e. The van der Waals surface area contributed by atoms with Gasteiger partial charge in [-0.2, -0.15) is 0 Å². The maximum atomic E-state index is 12.6. The fourth-order valence-corrected chi connectivity index (χ4v) is 3.36. The summed E-state index contributed by atoms with van der Waals surface area (Å²) in [5.74, 6) is -2.92. The van der Waals surface area contributed by atoms with Gasteiger partial charge in [0.15, 0.2) is 5.70 Å². The molecule has 0 fully saturated rings. The summed E-state index contributed by atoms with van der Waals surface area (Å²) < 4.78 is 4.95. The molecule has 0 radical (unpaired) electrons. The zero-order valence-corrected chi connectivity index (χ0v) is 21.9. The molecule has 1 unspecified atom stereocenters. The number of thioether (sulfide) groups is 1. The van der Waals surface area contributed by atoms with Crippen LogP contribution >= 0.6 is 11.8 Å². The number of amides is 4. The van der Waals surface area contributed by atoms with Crippen molar-refractivity contribution in [3.63, 3.8) is 0 Å². The lowest BCUT2D eigenvalue weighted by Crippen LogP contribution is -2.47. The van der Waals surface area contributed by atoms with Gasteiger partial charge in [0.05, 0.1) is 18.1 Å². The highest BCUT2D eigenvalue weighted by Gasteiger charge is 2.28. The van der Waals surface area contributed by atoms with Crippen LogP contribution in [0.1, 0.15) is 25.3 Å². The van der Waals surface area contributed by atoms with Crippen LogP contribution in [0.4, 0.5) is 15.3 Å². The van der Waals surface area contributed by atoms with Crippen molar-refractivity contribution in [2.75, 3.05) is 26.0 Å². The first-order valence-corrected chi connectivity index (χ1v) is 12.3. The van der Waals surface area contributed by atoms with Gasteiger partial charge in [-0.25, -0.2) is 19.3 Å². The standard InChI is InChI=1S/C22H29N5O11S/c1-3-37-20(31)17(24-38-12-14-4-6-15(7-5-14)27(35)36)13-39-11-10-26(21(32)25(2)22(33)34)18(28)9-8-16(23)19(29)30/h4-7,13,16,24H,3,8-12,23H2,1-2H3,(H,29,30)(H,33,34). The summed E-state index contributed by atoms with van der Waals surface area (Å²) in [6.07, 6.45) is -2.30. The number of carboxylic acid groups (broad SMARTS) is 2. The van der Waals surface area contributed by atoms with E-state index < -0.39 is 47.4 Å². The van der Waals surface area contributed by atoms with Crippen molar-refractivity contribution in [2.24, 2.45) is 5.73 Å². The zero-order valence-electron chi connectivity index (χ0n) is 21.1. The summed E-state index contributed by atoms with van der Waals surface area (Å²) in [5.41, 5.74) is 8.17. The maximum Gasteiger partial charge on any atom is 0.415 e. The Labute approximate surface area is 226 Å². The first-order chi connectivity index (χ1) is 18.4. The van der Waals surface area contributed by atoms with Gasteiger partial charge in [-0.3, -0.25) is 34.9 Å². The highest BCUT2D eigenvalue weighted by Crippen LogP contribution is 2.14. The van der Waals surface area contributed by atoms with Crippen LogP contribution in [0.25, 0.3) is 0 Å². The fourth-order valence-electron chi connectivity index (χ4n) is 2.65. The third-order valence-electron chi connectivity index (χ3n) is 4.79. The number of rotatable bonds is 15. The molecule has 4 amide bonds. The molecule has 214 valence electrons. The van der Waals surface area contributed by atoms with Crippen LogP contribution < -0.4 is 11.2 Å². The van der Waals surface area contributed by atoms with Gasteiger partial charge in [0.1, 0.15) is 6.04 Å². The van der Waals surface area contributed by atoms with Gasteiger partial charge in [0.25, 0.3) is 5.69 Å². The number of carbonyl (C=O) groups excluding carboxylic acids is 3. The van der Waals surface area contributed by atoms with E-state index in [2.05, 4.69) is 5.48 Å². The Balaban J connectivity index is 2.84. The second-order valence-corrected chi connectivity index (χ2v) is 8.57. The summed E-state index contributed by atoms with van der Waals surface area (Å²) in [4.78, 5) is 75.8. The number of non-ortho nitro benzene ring substituents is 1. The molecular formula is C22H29N5O11S. The van der Waals surface area contributed by atoms with Crippen molar-refractivity contribution in [1.82, 2.24) is 15.3 Å². The second-order valence-electron chi connectivity index (χ2n) is 7.59. The van der Waals surface area contributed by atoms with Crippen molar-refractivity contribution in [3.05, 3.63) is 51.0 Å². The average molecular weight is 572 g/mol. The number of hydroxylamine groups is 1. The number of hydrogen-bond acceptors (Lipinski definition) is 12. The molecular weight excluding hydrogens is 542 g/mol. The number of nitrogens with two attached hydrogens (primary N) is 1. The predicted octanol–water partition coefficient (Wildman–Crippen LogP) is 1.50. The average Bonchev–Trinajstić information content (AvgIpc) is 2.89. The number of nitro benzene ring substituents is 1. The Morgan fingerprint density at radius 1 is 1.21 bits per heavy atom. The third-order valence-corrected chi connectivity index (χ3v) is 5.61. The number of nitrogens with zero attached hydrogens (tertiary/aromatic N) is 3. The van der Waals surface area contributed by atoms with E-state index in [0.717, 1.165) is 18.8 Å². The van der Waals surface area contributed by atoms with E-state index in [-0.39, 0.29) is 43.3 Å². The SMILES string of the molecule is CCOC(=O)C(=CSCCN(C(=O)CCC(N)C(=O)O)C(=O)N(C)C(=O)O)NOCc1ccc([N+](=O)[O-])cc1. The van der Waals surface area contributed by atoms with E-state index in [0.29, 0.717) is 15.4 Å². The lowest BCUT2D eigenvalue weighted by atomic mass is 10.1. The van der Waals surface area contributed by atoms with Crippen LogP contribution in [0, 0.1) is 10.1 Å². The Morgan fingerprint density at radius 3 is 2.38 bits per heavy atom. The highest BCUT2D eigenvalue weighted by molar-refractivity contribution is 8.02. The number of aliphatic carboxylic acids is 1. The molecule has 16 nitrogen and oxygen atoms in total. The summed E-state index contributed by atoms with van der Waals surface area (Å²) in [6.45, 7) is 1.31. The Morgan fingerprint density at radius 2 is 1.85 bits per heavy atom. The number of ether oxygens (including phenoxy) is 1. The van der Waals surface area contributed by atoms with Crippen molar-refractivity contribution < 1.29 is 48.7 Å². The molecule has 5 N–H and O–H groups in total. The minimum absolute atomic E-state index is 0.0167. The number of imide groups is 2. The monoisotopic (exact) mass is 571 g/mol. The van der Waals surface area contributed by atoms with Gasteiger partial charge in [-0.05, 0) is 31.0 Å². The van der Waals surface area contributed by atoms with Crippen molar-refractivity contribution in [2.45, 2.75) is 32.4 Å². The van der Waals surface area contributed by atoms with Gasteiger partial charge in [0, 0.05) is 43.3 Å². The number of urea groups is 1. The Bertz CT molecular complexity index is 1080. The van der Waals surface area contributed by atoms with Crippen LogP contribution in [0.5, 0.6) is 0 Å². The largest absolute Gasteiger partial charge is 0.480 e. The van der Waals surface area contributed by atoms with Gasteiger partial charge < -0.3 is 20.7 Å². The smallest absolute Gasteiger partial charge is 0.415 e. The number of benzene rings is 1. The van der Waals surface area contributed by atoms with Crippen LogP contribution in [0.15, 0.2) is 35.4 Å². The topological polar surface area (TPSA) is 232 Å². The molecule has 0 aromatic heterocycles. The zero-order chi connectivity index (χ0) is 29.5. The molecule has 17 heteroatoms. The summed E-state index contributed by atoms with van der Waals surface area (Å²) in [7, 11) is 0.950. The minimum atomic E-state index is -1.61. The van der Waals surface area contributed by atoms with Gasteiger partial charge in [-0.1, -0.05) is 0 Å². The number of nitro groups is 1. The normalized spacial score (nSPS) is 11.7. The Kier molecular flexibility index (Phi) is 14.0. The first kappa shape index (κ1) is 32.8. The van der Waals surface area contributed by atoms with E-state index in [1.807, 2.05) is 0 Å². The van der Waals surface area contributed by atoms with Crippen molar-refractivity contribution in [3.8, 4) is 0 Å². The number of carbonyl (C=O) groups is 5. The maximum absolute atomic E-state index is 12.6. The quantitative estimate of drug-likeness (QED) is 0.0768. The van der Waals surface area contributed by atoms with Crippen LogP contribution in [-0.2, 0) is 30.6 Å². The summed E-state index contributed by atoms with van der Waals surface area (Å²) in [5, 5.41) is 30.0. The van der Waals surface area contributed by atoms with E-state index in [1.165, 1.54) is 29.7 Å². The van der Waals surface area contributed by atoms with Gasteiger partial charge in [0.2, 0.25) is 5.91 Å². The van der Waals surface area contributed by atoms with Crippen LogP contribution in [0.2, 0.25) is 0 Å². The molecule has 1 rings (SSSR count). The number of hydrogen-bond donors (Lipinski definition) is 4. The van der Waals surface area contributed by atoms with Crippen molar-refractivity contribution >= 4 is 47.4 Å². The number of esters is 1. The van der Waals surface area contributed by atoms with E-state index in [9.17, 15) is 34.1 Å². The molecule has 0 heterocycles.